The summed E-state index contributed by atoms with van der Waals surface area (Å²) in [6, 6.07) is 8.38. The molecule has 26 heavy (non-hydrogen) atoms. The first-order valence-electron chi connectivity index (χ1n) is 8.14. The molecule has 1 amide bonds. The molecule has 0 aliphatic rings. The molecule has 2 aromatic rings. The molecule has 2 N–H and O–H groups in total. The number of hydrogen-bond donors (Lipinski definition) is 2. The highest BCUT2D eigenvalue weighted by atomic mass is 35.5. The number of halogens is 1. The number of carbonyl (C=O) groups is 1. The Bertz CT molecular complexity index is 955. The van der Waals surface area contributed by atoms with Gasteiger partial charge < -0.3 is 5.32 Å². The summed E-state index contributed by atoms with van der Waals surface area (Å²) in [4.78, 5) is 12.7. The van der Waals surface area contributed by atoms with Crippen molar-refractivity contribution < 1.29 is 13.2 Å². The average Bonchev–Trinajstić information content (AvgIpc) is 2.51. The van der Waals surface area contributed by atoms with Crippen molar-refractivity contribution in [3.8, 4) is 0 Å². The first kappa shape index (κ1) is 20.3. The largest absolute Gasteiger partial charge is 0.345 e. The lowest BCUT2D eigenvalue weighted by atomic mass is 9.96. The van der Waals surface area contributed by atoms with Gasteiger partial charge in [-0.15, -0.1) is 0 Å². The molecule has 0 heterocycles. The van der Waals surface area contributed by atoms with Crippen LogP contribution < -0.4 is 10.0 Å². The predicted molar refractivity (Wildman–Crippen MR) is 106 cm³/mol. The SMILES string of the molecule is Cc1cc(C)c(C(C)NC(=O)c2cc(NS(C)(=O)=O)ccc2Cl)cc1C. The number of aryl methyl sites for hydroxylation is 3. The molecule has 5 nitrogen and oxygen atoms in total. The van der Waals surface area contributed by atoms with Gasteiger partial charge in [-0.2, -0.15) is 0 Å². The average molecular weight is 395 g/mol. The Balaban J connectivity index is 2.27. The van der Waals surface area contributed by atoms with Crippen molar-refractivity contribution >= 4 is 33.2 Å². The minimum atomic E-state index is -3.44. The molecule has 0 bridgehead atoms. The number of carbonyl (C=O) groups excluding carboxylic acids is 1. The Kier molecular flexibility index (Phi) is 5.98. The maximum atomic E-state index is 12.7. The number of amides is 1. The minimum absolute atomic E-state index is 0.216. The molecule has 140 valence electrons. The third-order valence-electron chi connectivity index (χ3n) is 4.21. The Hall–Kier alpha value is -2.05. The van der Waals surface area contributed by atoms with Gasteiger partial charge in [0, 0.05) is 5.69 Å². The lowest BCUT2D eigenvalue weighted by Crippen LogP contribution is -2.27. The predicted octanol–water partition coefficient (Wildman–Crippen LogP) is 4.13. The van der Waals surface area contributed by atoms with E-state index in [1.807, 2.05) is 20.8 Å². The molecule has 0 aliphatic carbocycles. The van der Waals surface area contributed by atoms with Gasteiger partial charge in [-0.3, -0.25) is 9.52 Å². The van der Waals surface area contributed by atoms with E-state index in [4.69, 9.17) is 11.6 Å². The number of benzene rings is 2. The molecule has 0 saturated heterocycles. The van der Waals surface area contributed by atoms with E-state index in [9.17, 15) is 13.2 Å². The summed E-state index contributed by atoms with van der Waals surface area (Å²) in [5.41, 5.74) is 4.99. The first-order valence-corrected chi connectivity index (χ1v) is 10.4. The minimum Gasteiger partial charge on any atom is -0.345 e. The van der Waals surface area contributed by atoms with Crippen LogP contribution in [0.5, 0.6) is 0 Å². The van der Waals surface area contributed by atoms with Gasteiger partial charge in [-0.25, -0.2) is 8.42 Å². The quantitative estimate of drug-likeness (QED) is 0.800. The van der Waals surface area contributed by atoms with Gasteiger partial charge in [-0.05, 0) is 68.1 Å². The lowest BCUT2D eigenvalue weighted by Gasteiger charge is -2.19. The summed E-state index contributed by atoms with van der Waals surface area (Å²) in [6.45, 7) is 8.00. The highest BCUT2D eigenvalue weighted by molar-refractivity contribution is 7.92. The Morgan fingerprint density at radius 1 is 1.04 bits per heavy atom. The first-order chi connectivity index (χ1) is 12.0. The van der Waals surface area contributed by atoms with Crippen molar-refractivity contribution in [2.24, 2.45) is 0 Å². The topological polar surface area (TPSA) is 75.3 Å². The van der Waals surface area contributed by atoms with E-state index in [1.165, 1.54) is 23.8 Å². The number of rotatable bonds is 5. The van der Waals surface area contributed by atoms with E-state index in [2.05, 4.69) is 29.1 Å². The fourth-order valence-electron chi connectivity index (χ4n) is 2.78. The summed E-state index contributed by atoms with van der Waals surface area (Å²) in [5.74, 6) is -0.364. The second-order valence-corrected chi connectivity index (χ2v) is 8.71. The number of hydrogen-bond acceptors (Lipinski definition) is 3. The number of sulfonamides is 1. The van der Waals surface area contributed by atoms with Crippen molar-refractivity contribution in [2.45, 2.75) is 33.7 Å². The molecule has 0 spiro atoms. The summed E-state index contributed by atoms with van der Waals surface area (Å²) in [7, 11) is -3.44. The maximum absolute atomic E-state index is 12.7. The Morgan fingerprint density at radius 3 is 2.27 bits per heavy atom. The molecule has 1 atom stereocenters. The van der Waals surface area contributed by atoms with Crippen molar-refractivity contribution in [1.82, 2.24) is 5.32 Å². The molecule has 1 unspecified atom stereocenters. The second kappa shape index (κ2) is 7.68. The summed E-state index contributed by atoms with van der Waals surface area (Å²) >= 11 is 6.13. The third-order valence-corrected chi connectivity index (χ3v) is 5.15. The molecule has 0 saturated carbocycles. The van der Waals surface area contributed by atoms with Crippen LogP contribution in [0.3, 0.4) is 0 Å². The van der Waals surface area contributed by atoms with E-state index in [-0.39, 0.29) is 28.2 Å². The maximum Gasteiger partial charge on any atom is 0.253 e. The van der Waals surface area contributed by atoms with E-state index in [1.54, 1.807) is 0 Å². The standard InChI is InChI=1S/C19H23ClN2O3S/c1-11-8-13(3)16(9-12(11)2)14(4)21-19(23)17-10-15(6-7-18(17)20)22-26(5,24)25/h6-10,14,22H,1-5H3,(H,21,23). The van der Waals surface area contributed by atoms with Crippen LogP contribution in [0.2, 0.25) is 5.02 Å². The smallest absolute Gasteiger partial charge is 0.253 e. The highest BCUT2D eigenvalue weighted by Gasteiger charge is 2.17. The van der Waals surface area contributed by atoms with Crippen LogP contribution in [0.25, 0.3) is 0 Å². The van der Waals surface area contributed by atoms with Crippen LogP contribution >= 0.6 is 11.6 Å². The van der Waals surface area contributed by atoms with Crippen molar-refractivity contribution in [3.05, 3.63) is 63.2 Å². The van der Waals surface area contributed by atoms with Crippen molar-refractivity contribution in [3.63, 3.8) is 0 Å². The zero-order valence-corrected chi connectivity index (χ0v) is 17.0. The molecule has 7 heteroatoms. The Morgan fingerprint density at radius 2 is 1.65 bits per heavy atom. The van der Waals surface area contributed by atoms with Crippen LogP contribution in [0.4, 0.5) is 5.69 Å². The van der Waals surface area contributed by atoms with Gasteiger partial charge in [0.15, 0.2) is 0 Å². The van der Waals surface area contributed by atoms with E-state index in [0.717, 1.165) is 22.9 Å². The van der Waals surface area contributed by atoms with Crippen LogP contribution in [-0.2, 0) is 10.0 Å². The molecule has 0 radical (unpaired) electrons. The van der Waals surface area contributed by atoms with Gasteiger partial charge in [0.05, 0.1) is 22.9 Å². The zero-order chi connectivity index (χ0) is 19.6. The van der Waals surface area contributed by atoms with Crippen LogP contribution in [0.15, 0.2) is 30.3 Å². The summed E-state index contributed by atoms with van der Waals surface area (Å²) < 4.78 is 25.1. The second-order valence-electron chi connectivity index (χ2n) is 6.56. The van der Waals surface area contributed by atoms with Crippen molar-refractivity contribution in [1.29, 1.82) is 0 Å². The zero-order valence-electron chi connectivity index (χ0n) is 15.5. The van der Waals surface area contributed by atoms with Crippen LogP contribution in [0, 0.1) is 20.8 Å². The molecule has 0 aliphatic heterocycles. The number of anilines is 1. The molecule has 0 fully saturated rings. The normalized spacial score (nSPS) is 12.5. The fourth-order valence-corrected chi connectivity index (χ4v) is 3.54. The van der Waals surface area contributed by atoms with Gasteiger partial charge >= 0.3 is 0 Å². The van der Waals surface area contributed by atoms with Crippen LogP contribution in [-0.4, -0.2) is 20.6 Å². The summed E-state index contributed by atoms with van der Waals surface area (Å²) in [5, 5.41) is 3.19. The molecule has 2 rings (SSSR count). The Labute approximate surface area is 159 Å². The number of nitrogens with one attached hydrogen (secondary N) is 2. The van der Waals surface area contributed by atoms with Gasteiger partial charge in [-0.1, -0.05) is 23.7 Å². The van der Waals surface area contributed by atoms with E-state index < -0.39 is 10.0 Å². The molecular weight excluding hydrogens is 372 g/mol. The van der Waals surface area contributed by atoms with Crippen molar-refractivity contribution in [2.75, 3.05) is 11.0 Å². The monoisotopic (exact) mass is 394 g/mol. The van der Waals surface area contributed by atoms with Crippen LogP contribution in [0.1, 0.15) is 45.6 Å². The van der Waals surface area contributed by atoms with E-state index in [0.29, 0.717) is 0 Å². The lowest BCUT2D eigenvalue weighted by molar-refractivity contribution is 0.0940. The molecule has 2 aromatic carbocycles. The molecule has 0 aromatic heterocycles. The molecular formula is C19H23ClN2O3S. The summed E-state index contributed by atoms with van der Waals surface area (Å²) in [6.07, 6.45) is 1.05. The fraction of sp³-hybridized carbons (Fsp3) is 0.316. The van der Waals surface area contributed by atoms with Gasteiger partial charge in [0.25, 0.3) is 5.91 Å². The van der Waals surface area contributed by atoms with E-state index >= 15 is 0 Å². The highest BCUT2D eigenvalue weighted by Crippen LogP contribution is 2.25. The van der Waals surface area contributed by atoms with Gasteiger partial charge in [0.2, 0.25) is 10.0 Å². The van der Waals surface area contributed by atoms with Gasteiger partial charge in [0.1, 0.15) is 0 Å². The third kappa shape index (κ3) is 4.99.